The number of anilines is 2. The van der Waals surface area contributed by atoms with E-state index in [0.717, 1.165) is 16.7 Å². The van der Waals surface area contributed by atoms with Gasteiger partial charge in [-0.05, 0) is 36.4 Å². The summed E-state index contributed by atoms with van der Waals surface area (Å²) in [5, 5.41) is 21.0. The molecule has 0 spiro atoms. The molecule has 0 saturated carbocycles. The topological polar surface area (TPSA) is 123 Å². The molecule has 1 N–H and O–H groups in total. The second-order valence-corrected chi connectivity index (χ2v) is 7.60. The van der Waals surface area contributed by atoms with E-state index >= 15 is 0 Å². The van der Waals surface area contributed by atoms with Crippen molar-refractivity contribution in [2.75, 3.05) is 10.2 Å². The summed E-state index contributed by atoms with van der Waals surface area (Å²) in [4.78, 5) is 37.6. The molecule has 9 heteroatoms. The molecule has 154 valence electrons. The molecule has 1 atom stereocenters. The molecule has 0 aromatic heterocycles. The maximum absolute atomic E-state index is 12.9. The van der Waals surface area contributed by atoms with E-state index in [-0.39, 0.29) is 17.0 Å². The van der Waals surface area contributed by atoms with Crippen molar-refractivity contribution < 1.29 is 19.1 Å². The molecular formula is C22H16N4O4S. The summed E-state index contributed by atoms with van der Waals surface area (Å²) < 4.78 is 4.96. The van der Waals surface area contributed by atoms with Crippen LogP contribution in [0.25, 0.3) is 0 Å². The van der Waals surface area contributed by atoms with Crippen LogP contribution in [0.4, 0.5) is 11.4 Å². The normalized spacial score (nSPS) is 15.1. The first kappa shape index (κ1) is 21.6. The number of ether oxygens (including phenoxy) is 1. The lowest BCUT2D eigenvalue weighted by Crippen LogP contribution is -2.31. The fourth-order valence-electron chi connectivity index (χ4n) is 2.87. The number of allylic oxidation sites excluding steroid dienone is 1. The Labute approximate surface area is 182 Å². The number of esters is 1. The van der Waals surface area contributed by atoms with Gasteiger partial charge in [-0.1, -0.05) is 30.0 Å². The zero-order valence-electron chi connectivity index (χ0n) is 16.4. The van der Waals surface area contributed by atoms with Gasteiger partial charge >= 0.3 is 5.97 Å². The average molecular weight is 432 g/mol. The number of carbonyl (C=O) groups excluding carboxylic acids is 3. The highest BCUT2D eigenvalue weighted by molar-refractivity contribution is 8.04. The number of thioether (sulfide) groups is 1. The molecule has 2 amide bonds. The third-order valence-electron chi connectivity index (χ3n) is 4.20. The maximum atomic E-state index is 12.9. The molecule has 1 fully saturated rings. The van der Waals surface area contributed by atoms with Crippen molar-refractivity contribution in [2.45, 2.75) is 18.6 Å². The summed E-state index contributed by atoms with van der Waals surface area (Å²) in [6, 6.07) is 18.5. The summed E-state index contributed by atoms with van der Waals surface area (Å²) >= 11 is 0.968. The lowest BCUT2D eigenvalue weighted by atomic mass is 10.3. The van der Waals surface area contributed by atoms with Gasteiger partial charge < -0.3 is 10.1 Å². The van der Waals surface area contributed by atoms with Crippen LogP contribution in [-0.2, 0) is 14.4 Å². The fraction of sp³-hybridized carbons (Fsp3) is 0.136. The number of rotatable bonds is 6. The summed E-state index contributed by atoms with van der Waals surface area (Å²) in [6.07, 6.45) is -0.0840. The number of amides is 2. The molecule has 8 nitrogen and oxygen atoms in total. The van der Waals surface area contributed by atoms with Crippen molar-refractivity contribution in [1.82, 2.24) is 0 Å². The predicted molar refractivity (Wildman–Crippen MR) is 115 cm³/mol. The van der Waals surface area contributed by atoms with Gasteiger partial charge in [0.2, 0.25) is 11.8 Å². The van der Waals surface area contributed by atoms with E-state index in [2.05, 4.69) is 5.32 Å². The van der Waals surface area contributed by atoms with Gasteiger partial charge in [-0.25, -0.2) is 4.90 Å². The molecule has 1 heterocycles. The van der Waals surface area contributed by atoms with Gasteiger partial charge in [0.15, 0.2) is 5.57 Å². The Balaban J connectivity index is 1.81. The van der Waals surface area contributed by atoms with Crippen LogP contribution in [0.5, 0.6) is 5.75 Å². The zero-order chi connectivity index (χ0) is 22.4. The van der Waals surface area contributed by atoms with Crippen molar-refractivity contribution >= 4 is 40.9 Å². The Hall–Kier alpha value is -4.08. The number of para-hydroxylation sites is 1. The highest BCUT2D eigenvalue weighted by Gasteiger charge is 2.41. The van der Waals surface area contributed by atoms with E-state index in [4.69, 9.17) is 4.74 Å². The van der Waals surface area contributed by atoms with E-state index in [1.807, 2.05) is 18.2 Å². The number of benzene rings is 2. The molecule has 2 aromatic carbocycles. The number of nitrogens with zero attached hydrogens (tertiary/aromatic N) is 3. The SMILES string of the molecule is CC(=O)Oc1ccc(N2C(=O)C[C@H](SC(Nc3ccccc3)=C(C#N)C#N)C2=O)cc1. The summed E-state index contributed by atoms with van der Waals surface area (Å²) in [7, 11) is 0. The van der Waals surface area contributed by atoms with Crippen molar-refractivity contribution in [3.05, 3.63) is 65.2 Å². The first-order valence-electron chi connectivity index (χ1n) is 9.11. The van der Waals surface area contributed by atoms with E-state index in [0.29, 0.717) is 17.1 Å². The Morgan fingerprint density at radius 2 is 1.74 bits per heavy atom. The van der Waals surface area contributed by atoms with E-state index in [9.17, 15) is 24.9 Å². The van der Waals surface area contributed by atoms with Crippen LogP contribution in [0.2, 0.25) is 0 Å². The predicted octanol–water partition coefficient (Wildman–Crippen LogP) is 3.35. The van der Waals surface area contributed by atoms with Crippen molar-refractivity contribution in [3.63, 3.8) is 0 Å². The number of nitrogens with one attached hydrogen (secondary N) is 1. The van der Waals surface area contributed by atoms with Gasteiger partial charge in [-0.3, -0.25) is 14.4 Å². The molecule has 0 aliphatic carbocycles. The quantitative estimate of drug-likeness (QED) is 0.319. The van der Waals surface area contributed by atoms with Crippen molar-refractivity contribution in [2.24, 2.45) is 0 Å². The summed E-state index contributed by atoms with van der Waals surface area (Å²) in [5.74, 6) is -1.05. The van der Waals surface area contributed by atoms with Gasteiger partial charge in [-0.15, -0.1) is 0 Å². The molecule has 3 rings (SSSR count). The molecule has 0 unspecified atom stereocenters. The number of carbonyl (C=O) groups is 3. The number of imide groups is 1. The first-order valence-corrected chi connectivity index (χ1v) is 9.99. The number of hydrogen-bond donors (Lipinski definition) is 1. The summed E-state index contributed by atoms with van der Waals surface area (Å²) in [5.41, 5.74) is 0.803. The molecule has 1 saturated heterocycles. The second-order valence-electron chi connectivity index (χ2n) is 6.38. The smallest absolute Gasteiger partial charge is 0.308 e. The Bertz CT molecular complexity index is 1110. The number of nitriles is 2. The third-order valence-corrected chi connectivity index (χ3v) is 5.40. The molecule has 1 aliphatic rings. The highest BCUT2D eigenvalue weighted by Crippen LogP contribution is 2.35. The third kappa shape index (κ3) is 5.10. The van der Waals surface area contributed by atoms with Crippen LogP contribution in [0.1, 0.15) is 13.3 Å². The maximum Gasteiger partial charge on any atom is 0.308 e. The average Bonchev–Trinajstić information content (AvgIpc) is 3.03. The van der Waals surface area contributed by atoms with Crippen molar-refractivity contribution in [1.29, 1.82) is 10.5 Å². The minimum atomic E-state index is -0.802. The highest BCUT2D eigenvalue weighted by atomic mass is 32.2. The minimum absolute atomic E-state index is 0.0840. The van der Waals surface area contributed by atoms with Gasteiger partial charge in [0.1, 0.15) is 22.9 Å². The van der Waals surface area contributed by atoms with Crippen LogP contribution in [0, 0.1) is 22.7 Å². The second kappa shape index (κ2) is 9.61. The fourth-order valence-corrected chi connectivity index (χ4v) is 3.97. The Kier molecular flexibility index (Phi) is 6.71. The number of hydrogen-bond acceptors (Lipinski definition) is 8. The Morgan fingerprint density at radius 3 is 2.32 bits per heavy atom. The van der Waals surface area contributed by atoms with Crippen LogP contribution in [0.15, 0.2) is 65.2 Å². The molecule has 1 aliphatic heterocycles. The van der Waals surface area contributed by atoms with Crippen LogP contribution < -0.4 is 15.0 Å². The lowest BCUT2D eigenvalue weighted by molar-refractivity contribution is -0.132. The van der Waals surface area contributed by atoms with Crippen LogP contribution >= 0.6 is 11.8 Å². The van der Waals surface area contributed by atoms with Crippen LogP contribution in [0.3, 0.4) is 0 Å². The van der Waals surface area contributed by atoms with E-state index < -0.39 is 23.0 Å². The molecule has 0 radical (unpaired) electrons. The zero-order valence-corrected chi connectivity index (χ0v) is 17.2. The first-order chi connectivity index (χ1) is 14.9. The lowest BCUT2D eigenvalue weighted by Gasteiger charge is -2.16. The van der Waals surface area contributed by atoms with Gasteiger partial charge in [-0.2, -0.15) is 10.5 Å². The van der Waals surface area contributed by atoms with Crippen molar-refractivity contribution in [3.8, 4) is 17.9 Å². The summed E-state index contributed by atoms with van der Waals surface area (Å²) in [6.45, 7) is 1.27. The molecule has 0 bridgehead atoms. The van der Waals surface area contributed by atoms with E-state index in [1.54, 1.807) is 24.3 Å². The van der Waals surface area contributed by atoms with Gasteiger partial charge in [0, 0.05) is 19.0 Å². The van der Waals surface area contributed by atoms with Crippen LogP contribution in [-0.4, -0.2) is 23.0 Å². The van der Waals surface area contributed by atoms with Gasteiger partial charge in [0.25, 0.3) is 0 Å². The Morgan fingerprint density at radius 1 is 1.10 bits per heavy atom. The minimum Gasteiger partial charge on any atom is -0.427 e. The molecule has 2 aromatic rings. The van der Waals surface area contributed by atoms with E-state index in [1.165, 1.54) is 31.2 Å². The standard InChI is InChI=1S/C22H16N4O4S/c1-14(27)30-18-9-7-17(8-10-18)26-20(28)11-19(22(26)29)31-21(15(12-23)13-24)25-16-5-3-2-4-6-16/h2-10,19,25H,11H2,1H3/t19-/m0/s1. The molecular weight excluding hydrogens is 416 g/mol. The molecule has 31 heavy (non-hydrogen) atoms. The largest absolute Gasteiger partial charge is 0.427 e. The van der Waals surface area contributed by atoms with Gasteiger partial charge in [0.05, 0.1) is 10.9 Å². The monoisotopic (exact) mass is 432 g/mol.